The molecule has 0 spiro atoms. The highest BCUT2D eigenvalue weighted by Crippen LogP contribution is 2.12. The summed E-state index contributed by atoms with van der Waals surface area (Å²) in [5, 5.41) is 6.46. The Morgan fingerprint density at radius 3 is 2.64 bits per heavy atom. The Kier molecular flexibility index (Phi) is 3.47. The van der Waals surface area contributed by atoms with Crippen LogP contribution >= 0.6 is 0 Å². The Morgan fingerprint density at radius 1 is 1.36 bits per heavy atom. The van der Waals surface area contributed by atoms with E-state index in [4.69, 9.17) is 0 Å². The second-order valence-electron chi connectivity index (χ2n) is 4.45. The van der Waals surface area contributed by atoms with Crippen LogP contribution in [0.3, 0.4) is 0 Å². The molecule has 1 rings (SSSR count). The van der Waals surface area contributed by atoms with Crippen LogP contribution in [-0.4, -0.2) is 17.6 Å². The largest absolute Gasteiger partial charge is 0.365 e. The molecule has 0 amide bonds. The SMILES string of the molecule is CNCc1ccnc(NC(C)(C)C)c1. The summed E-state index contributed by atoms with van der Waals surface area (Å²) in [6.45, 7) is 7.25. The van der Waals surface area contributed by atoms with E-state index in [1.165, 1.54) is 5.56 Å². The van der Waals surface area contributed by atoms with Crippen LogP contribution in [0.2, 0.25) is 0 Å². The number of aromatic nitrogens is 1. The van der Waals surface area contributed by atoms with Crippen LogP contribution in [0.1, 0.15) is 26.3 Å². The monoisotopic (exact) mass is 193 g/mol. The van der Waals surface area contributed by atoms with Crippen LogP contribution in [0.4, 0.5) is 5.82 Å². The van der Waals surface area contributed by atoms with Crippen LogP contribution in [-0.2, 0) is 6.54 Å². The third-order valence-electron chi connectivity index (χ3n) is 1.71. The Hall–Kier alpha value is -1.09. The molecule has 0 aliphatic rings. The minimum Gasteiger partial charge on any atom is -0.365 e. The Morgan fingerprint density at radius 2 is 2.07 bits per heavy atom. The fourth-order valence-corrected chi connectivity index (χ4v) is 1.24. The molecule has 78 valence electrons. The third kappa shape index (κ3) is 3.75. The van der Waals surface area contributed by atoms with E-state index in [2.05, 4.69) is 42.5 Å². The Balaban J connectivity index is 2.73. The molecule has 1 aromatic rings. The van der Waals surface area contributed by atoms with Crippen LogP contribution < -0.4 is 10.6 Å². The van der Waals surface area contributed by atoms with Crippen molar-refractivity contribution in [3.05, 3.63) is 23.9 Å². The summed E-state index contributed by atoms with van der Waals surface area (Å²) in [5.74, 6) is 0.935. The summed E-state index contributed by atoms with van der Waals surface area (Å²) in [6, 6.07) is 4.09. The van der Waals surface area contributed by atoms with Gasteiger partial charge < -0.3 is 10.6 Å². The summed E-state index contributed by atoms with van der Waals surface area (Å²) in [7, 11) is 1.94. The van der Waals surface area contributed by atoms with Crippen molar-refractivity contribution in [2.24, 2.45) is 0 Å². The molecule has 3 heteroatoms. The van der Waals surface area contributed by atoms with Gasteiger partial charge in [0.2, 0.25) is 0 Å². The predicted molar refractivity (Wildman–Crippen MR) is 60.4 cm³/mol. The van der Waals surface area contributed by atoms with Crippen molar-refractivity contribution in [2.75, 3.05) is 12.4 Å². The lowest BCUT2D eigenvalue weighted by molar-refractivity contribution is 0.630. The van der Waals surface area contributed by atoms with E-state index in [0.717, 1.165) is 12.4 Å². The molecular formula is C11H19N3. The molecule has 0 saturated carbocycles. The van der Waals surface area contributed by atoms with Crippen molar-refractivity contribution in [1.29, 1.82) is 0 Å². The van der Waals surface area contributed by atoms with Gasteiger partial charge in [-0.1, -0.05) is 0 Å². The zero-order valence-electron chi connectivity index (χ0n) is 9.39. The minimum absolute atomic E-state index is 0.0608. The zero-order valence-corrected chi connectivity index (χ0v) is 9.39. The zero-order chi connectivity index (χ0) is 10.6. The van der Waals surface area contributed by atoms with Gasteiger partial charge in [-0.05, 0) is 45.5 Å². The van der Waals surface area contributed by atoms with Crippen molar-refractivity contribution < 1.29 is 0 Å². The first-order chi connectivity index (χ1) is 6.51. The first kappa shape index (κ1) is 11.0. The van der Waals surface area contributed by atoms with Gasteiger partial charge in [-0.3, -0.25) is 0 Å². The van der Waals surface area contributed by atoms with Gasteiger partial charge in [-0.25, -0.2) is 4.98 Å². The number of pyridine rings is 1. The number of nitrogens with one attached hydrogen (secondary N) is 2. The smallest absolute Gasteiger partial charge is 0.126 e. The molecule has 0 radical (unpaired) electrons. The van der Waals surface area contributed by atoms with Gasteiger partial charge in [0, 0.05) is 18.3 Å². The number of hydrogen-bond donors (Lipinski definition) is 2. The summed E-state index contributed by atoms with van der Waals surface area (Å²) in [5.41, 5.74) is 1.31. The van der Waals surface area contributed by atoms with E-state index in [9.17, 15) is 0 Å². The average Bonchev–Trinajstić information content (AvgIpc) is 2.02. The molecule has 0 saturated heterocycles. The Labute approximate surface area is 85.9 Å². The van der Waals surface area contributed by atoms with E-state index >= 15 is 0 Å². The molecule has 1 heterocycles. The van der Waals surface area contributed by atoms with E-state index in [1.54, 1.807) is 0 Å². The number of anilines is 1. The van der Waals surface area contributed by atoms with Gasteiger partial charge >= 0.3 is 0 Å². The molecule has 14 heavy (non-hydrogen) atoms. The van der Waals surface area contributed by atoms with Gasteiger partial charge in [-0.2, -0.15) is 0 Å². The first-order valence-electron chi connectivity index (χ1n) is 4.89. The van der Waals surface area contributed by atoms with Crippen LogP contribution in [0.5, 0.6) is 0 Å². The van der Waals surface area contributed by atoms with Gasteiger partial charge in [0.25, 0.3) is 0 Å². The molecule has 0 aromatic carbocycles. The molecule has 0 aliphatic carbocycles. The maximum absolute atomic E-state index is 4.27. The number of rotatable bonds is 3. The molecule has 0 unspecified atom stereocenters. The second kappa shape index (κ2) is 4.42. The van der Waals surface area contributed by atoms with E-state index in [1.807, 2.05) is 19.3 Å². The second-order valence-corrected chi connectivity index (χ2v) is 4.45. The molecule has 2 N–H and O–H groups in total. The van der Waals surface area contributed by atoms with E-state index in [-0.39, 0.29) is 5.54 Å². The molecule has 0 atom stereocenters. The molecule has 1 aromatic heterocycles. The molecule has 3 nitrogen and oxygen atoms in total. The summed E-state index contributed by atoms with van der Waals surface area (Å²) < 4.78 is 0. The fraction of sp³-hybridized carbons (Fsp3) is 0.545. The lowest BCUT2D eigenvalue weighted by Gasteiger charge is -2.21. The normalized spacial score (nSPS) is 11.4. The van der Waals surface area contributed by atoms with Crippen LogP contribution in [0.25, 0.3) is 0 Å². The molecule has 0 fully saturated rings. The summed E-state index contributed by atoms with van der Waals surface area (Å²) in [4.78, 5) is 4.27. The highest BCUT2D eigenvalue weighted by atomic mass is 15.0. The highest BCUT2D eigenvalue weighted by Gasteiger charge is 2.09. The molecule has 0 aliphatic heterocycles. The van der Waals surface area contributed by atoms with Crippen LogP contribution in [0, 0.1) is 0 Å². The summed E-state index contributed by atoms with van der Waals surface area (Å²) >= 11 is 0. The molecular weight excluding hydrogens is 174 g/mol. The lowest BCUT2D eigenvalue weighted by Crippen LogP contribution is -2.26. The van der Waals surface area contributed by atoms with Crippen molar-refractivity contribution >= 4 is 5.82 Å². The molecule has 0 bridgehead atoms. The topological polar surface area (TPSA) is 37.0 Å². The van der Waals surface area contributed by atoms with Gasteiger partial charge in [0.1, 0.15) is 5.82 Å². The van der Waals surface area contributed by atoms with Gasteiger partial charge in [-0.15, -0.1) is 0 Å². The summed E-state index contributed by atoms with van der Waals surface area (Å²) in [6.07, 6.45) is 1.83. The lowest BCUT2D eigenvalue weighted by atomic mass is 10.1. The van der Waals surface area contributed by atoms with Crippen molar-refractivity contribution in [2.45, 2.75) is 32.9 Å². The van der Waals surface area contributed by atoms with Crippen LogP contribution in [0.15, 0.2) is 18.3 Å². The van der Waals surface area contributed by atoms with Gasteiger partial charge in [0.15, 0.2) is 0 Å². The maximum atomic E-state index is 4.27. The van der Waals surface area contributed by atoms with E-state index in [0.29, 0.717) is 0 Å². The average molecular weight is 193 g/mol. The van der Waals surface area contributed by atoms with Crippen molar-refractivity contribution in [1.82, 2.24) is 10.3 Å². The quantitative estimate of drug-likeness (QED) is 0.771. The first-order valence-corrected chi connectivity index (χ1v) is 4.89. The minimum atomic E-state index is 0.0608. The standard InChI is InChI=1S/C11H19N3/c1-11(2,3)14-10-7-9(8-12-4)5-6-13-10/h5-7,12H,8H2,1-4H3,(H,13,14). The fourth-order valence-electron chi connectivity index (χ4n) is 1.24. The van der Waals surface area contributed by atoms with Crippen molar-refractivity contribution in [3.63, 3.8) is 0 Å². The Bertz CT molecular complexity index is 289. The number of hydrogen-bond acceptors (Lipinski definition) is 3. The third-order valence-corrected chi connectivity index (χ3v) is 1.71. The predicted octanol–water partition coefficient (Wildman–Crippen LogP) is 2.01. The van der Waals surface area contributed by atoms with Crippen molar-refractivity contribution in [3.8, 4) is 0 Å². The number of nitrogens with zero attached hydrogens (tertiary/aromatic N) is 1. The van der Waals surface area contributed by atoms with Gasteiger partial charge in [0.05, 0.1) is 0 Å². The maximum Gasteiger partial charge on any atom is 0.126 e. The van der Waals surface area contributed by atoms with E-state index < -0.39 is 0 Å². The highest BCUT2D eigenvalue weighted by molar-refractivity contribution is 5.39.